The number of likely N-dealkylation sites (N-methyl/N-ethyl adjacent to an activating group) is 1. The number of hydrogen-bond donors (Lipinski definition) is 1. The minimum absolute atomic E-state index is 0.00186. The summed E-state index contributed by atoms with van der Waals surface area (Å²) in [5.41, 5.74) is 0.555. The zero-order valence-electron chi connectivity index (χ0n) is 20.4. The molecule has 0 radical (unpaired) electrons. The number of piperidine rings is 1. The number of nitrogens with one attached hydrogen (secondary N) is 1. The summed E-state index contributed by atoms with van der Waals surface area (Å²) in [6.45, 7) is 7.32. The summed E-state index contributed by atoms with van der Waals surface area (Å²) in [5.74, 6) is 1.32. The van der Waals surface area contributed by atoms with E-state index in [9.17, 15) is 9.59 Å². The molecule has 188 valence electrons. The third kappa shape index (κ3) is 7.40. The number of piperazine rings is 1. The molecule has 2 aliphatic heterocycles. The van der Waals surface area contributed by atoms with Crippen LogP contribution in [-0.4, -0.2) is 97.4 Å². The number of aromatic nitrogens is 1. The highest BCUT2D eigenvalue weighted by atomic mass is 35.5. The van der Waals surface area contributed by atoms with Gasteiger partial charge in [-0.05, 0) is 49.6 Å². The summed E-state index contributed by atoms with van der Waals surface area (Å²) < 4.78 is 0. The number of halogens is 1. The fraction of sp³-hybridized carbons (Fsp3) is 0.500. The second kappa shape index (κ2) is 12.3. The van der Waals surface area contributed by atoms with Crippen molar-refractivity contribution in [1.82, 2.24) is 19.7 Å². The molecule has 1 aromatic carbocycles. The van der Waals surface area contributed by atoms with Crippen LogP contribution in [-0.2, 0) is 9.59 Å². The van der Waals surface area contributed by atoms with Crippen LogP contribution in [0, 0.1) is 5.92 Å². The Balaban J connectivity index is 1.18. The predicted octanol–water partition coefficient (Wildman–Crippen LogP) is 2.67. The van der Waals surface area contributed by atoms with E-state index >= 15 is 0 Å². The van der Waals surface area contributed by atoms with Crippen molar-refractivity contribution in [3.05, 3.63) is 53.7 Å². The van der Waals surface area contributed by atoms with E-state index in [1.807, 2.05) is 30.5 Å². The summed E-state index contributed by atoms with van der Waals surface area (Å²) in [7, 11) is 1.68. The van der Waals surface area contributed by atoms with E-state index in [1.165, 1.54) is 11.3 Å². The molecule has 1 atom stereocenters. The van der Waals surface area contributed by atoms with Crippen LogP contribution in [0.5, 0.6) is 0 Å². The van der Waals surface area contributed by atoms with E-state index < -0.39 is 0 Å². The maximum atomic E-state index is 12.8. The first kappa shape index (κ1) is 25.4. The number of carbonyl (C=O) groups is 2. The van der Waals surface area contributed by atoms with Crippen LogP contribution in [0.1, 0.15) is 12.8 Å². The molecule has 0 bridgehead atoms. The van der Waals surface area contributed by atoms with Crippen LogP contribution in [0.4, 0.5) is 11.5 Å². The van der Waals surface area contributed by atoms with E-state index in [0.717, 1.165) is 58.1 Å². The second-order valence-electron chi connectivity index (χ2n) is 9.50. The summed E-state index contributed by atoms with van der Waals surface area (Å²) in [4.78, 5) is 38.3. The number of anilines is 2. The number of rotatable bonds is 8. The number of para-hydroxylation sites is 1. The Hall–Kier alpha value is -2.68. The fourth-order valence-electron chi connectivity index (χ4n) is 4.88. The highest BCUT2D eigenvalue weighted by Crippen LogP contribution is 2.21. The molecule has 1 N–H and O–H groups in total. The minimum Gasteiger partial charge on any atom is -0.354 e. The number of benzene rings is 1. The molecule has 3 heterocycles. The van der Waals surface area contributed by atoms with Gasteiger partial charge >= 0.3 is 0 Å². The smallest absolute Gasteiger partial charge is 0.244 e. The molecule has 2 aliphatic rings. The summed E-state index contributed by atoms with van der Waals surface area (Å²) in [6.07, 6.45) is 4.14. The van der Waals surface area contributed by atoms with E-state index in [-0.39, 0.29) is 18.4 Å². The van der Waals surface area contributed by atoms with Gasteiger partial charge in [-0.1, -0.05) is 29.8 Å². The molecular formula is C26H35ClN6O2. The van der Waals surface area contributed by atoms with Crippen molar-refractivity contribution in [1.29, 1.82) is 0 Å². The fourth-order valence-corrected chi connectivity index (χ4v) is 5.06. The summed E-state index contributed by atoms with van der Waals surface area (Å²) in [5, 5.41) is 3.25. The molecule has 1 aromatic heterocycles. The molecule has 0 aliphatic carbocycles. The van der Waals surface area contributed by atoms with E-state index in [4.69, 9.17) is 11.6 Å². The number of likely N-dealkylation sites (tertiary alicyclic amines) is 1. The van der Waals surface area contributed by atoms with Gasteiger partial charge in [-0.2, -0.15) is 0 Å². The first-order chi connectivity index (χ1) is 17.0. The molecule has 35 heavy (non-hydrogen) atoms. The van der Waals surface area contributed by atoms with Gasteiger partial charge in [-0.15, -0.1) is 0 Å². The van der Waals surface area contributed by atoms with Gasteiger partial charge in [-0.3, -0.25) is 19.4 Å². The highest BCUT2D eigenvalue weighted by molar-refractivity contribution is 6.33. The van der Waals surface area contributed by atoms with Gasteiger partial charge in [0, 0.05) is 52.5 Å². The first-order valence-corrected chi connectivity index (χ1v) is 12.7. The van der Waals surface area contributed by atoms with Gasteiger partial charge in [0.15, 0.2) is 0 Å². The van der Waals surface area contributed by atoms with Crippen molar-refractivity contribution in [3.63, 3.8) is 0 Å². The molecule has 4 rings (SSSR count). The Morgan fingerprint density at radius 2 is 1.83 bits per heavy atom. The Morgan fingerprint density at radius 1 is 1.06 bits per heavy atom. The quantitative estimate of drug-likeness (QED) is 0.603. The standard InChI is InChI=1S/C26H35ClN6O2/c1-30(19-25(34)29-23-9-3-2-8-22(23)27)26(35)20-32-12-6-7-21(18-32)17-31-13-15-33(16-14-31)24-10-4-5-11-28-24/h2-5,8-11,21H,6-7,12-20H2,1H3,(H,29,34). The van der Waals surface area contributed by atoms with Crippen molar-refractivity contribution >= 4 is 34.9 Å². The van der Waals surface area contributed by atoms with Crippen LogP contribution in [0.25, 0.3) is 0 Å². The van der Waals surface area contributed by atoms with E-state index in [1.54, 1.807) is 19.2 Å². The van der Waals surface area contributed by atoms with Crippen LogP contribution < -0.4 is 10.2 Å². The molecule has 2 aromatic rings. The van der Waals surface area contributed by atoms with Crippen molar-refractivity contribution < 1.29 is 9.59 Å². The third-order valence-electron chi connectivity index (χ3n) is 6.78. The SMILES string of the molecule is CN(CC(=O)Nc1ccccc1Cl)C(=O)CN1CCCC(CN2CCN(c3ccccn3)CC2)C1. The third-order valence-corrected chi connectivity index (χ3v) is 7.11. The number of amides is 2. The Kier molecular flexibility index (Phi) is 8.95. The normalized spacial score (nSPS) is 19.4. The van der Waals surface area contributed by atoms with Gasteiger partial charge in [0.2, 0.25) is 11.8 Å². The van der Waals surface area contributed by atoms with Gasteiger partial charge < -0.3 is 15.1 Å². The lowest BCUT2D eigenvalue weighted by Crippen LogP contribution is -2.50. The predicted molar refractivity (Wildman–Crippen MR) is 140 cm³/mol. The zero-order valence-corrected chi connectivity index (χ0v) is 21.2. The molecule has 2 saturated heterocycles. The van der Waals surface area contributed by atoms with Crippen LogP contribution in [0.2, 0.25) is 5.02 Å². The van der Waals surface area contributed by atoms with Crippen molar-refractivity contribution in [2.24, 2.45) is 5.92 Å². The molecule has 8 nitrogen and oxygen atoms in total. The van der Waals surface area contributed by atoms with Crippen LogP contribution >= 0.6 is 11.6 Å². The monoisotopic (exact) mass is 498 g/mol. The van der Waals surface area contributed by atoms with Gasteiger partial charge in [-0.25, -0.2) is 4.98 Å². The molecule has 9 heteroatoms. The lowest BCUT2D eigenvalue weighted by molar-refractivity contribution is -0.134. The first-order valence-electron chi connectivity index (χ1n) is 12.4. The molecule has 2 amide bonds. The number of hydrogen-bond acceptors (Lipinski definition) is 6. The Bertz CT molecular complexity index is 983. The molecular weight excluding hydrogens is 464 g/mol. The average Bonchev–Trinajstić information content (AvgIpc) is 2.86. The van der Waals surface area contributed by atoms with Gasteiger partial charge in [0.1, 0.15) is 5.82 Å². The minimum atomic E-state index is -0.254. The van der Waals surface area contributed by atoms with E-state index in [0.29, 0.717) is 23.2 Å². The lowest BCUT2D eigenvalue weighted by Gasteiger charge is -2.39. The van der Waals surface area contributed by atoms with Crippen molar-refractivity contribution in [2.45, 2.75) is 12.8 Å². The second-order valence-corrected chi connectivity index (χ2v) is 9.90. The lowest BCUT2D eigenvalue weighted by atomic mass is 9.97. The maximum absolute atomic E-state index is 12.8. The summed E-state index contributed by atoms with van der Waals surface area (Å²) >= 11 is 6.10. The zero-order chi connectivity index (χ0) is 24.6. The number of carbonyl (C=O) groups excluding carboxylic acids is 2. The van der Waals surface area contributed by atoms with Gasteiger partial charge in [0.05, 0.1) is 23.8 Å². The van der Waals surface area contributed by atoms with Gasteiger partial charge in [0.25, 0.3) is 0 Å². The van der Waals surface area contributed by atoms with Crippen molar-refractivity contribution in [3.8, 4) is 0 Å². The summed E-state index contributed by atoms with van der Waals surface area (Å²) in [6, 6.07) is 13.1. The Labute approximate surface area is 212 Å². The maximum Gasteiger partial charge on any atom is 0.244 e. The largest absolute Gasteiger partial charge is 0.354 e. The molecule has 1 unspecified atom stereocenters. The number of nitrogens with zero attached hydrogens (tertiary/aromatic N) is 5. The topological polar surface area (TPSA) is 72.0 Å². The van der Waals surface area contributed by atoms with Crippen molar-refractivity contribution in [2.75, 3.05) is 76.2 Å². The highest BCUT2D eigenvalue weighted by Gasteiger charge is 2.26. The average molecular weight is 499 g/mol. The van der Waals surface area contributed by atoms with E-state index in [2.05, 4.69) is 31.1 Å². The number of pyridine rings is 1. The van der Waals surface area contributed by atoms with Crippen LogP contribution in [0.3, 0.4) is 0 Å². The molecule has 0 saturated carbocycles. The van der Waals surface area contributed by atoms with Crippen LogP contribution in [0.15, 0.2) is 48.7 Å². The molecule has 2 fully saturated rings. The Morgan fingerprint density at radius 3 is 2.57 bits per heavy atom. The molecule has 0 spiro atoms.